The van der Waals surface area contributed by atoms with Crippen LogP contribution in [0.25, 0.3) is 5.70 Å². The number of hydrogen-bond acceptors (Lipinski definition) is 7. The second kappa shape index (κ2) is 6.32. The molecule has 1 heterocycles. The lowest BCUT2D eigenvalue weighted by atomic mass is 10.1. The van der Waals surface area contributed by atoms with Crippen LogP contribution in [-0.4, -0.2) is 30.0 Å². The summed E-state index contributed by atoms with van der Waals surface area (Å²) in [5, 5.41) is 15.9. The number of nitrogens with zero attached hydrogens (tertiary/aromatic N) is 3. The number of hydrazine groups is 1. The summed E-state index contributed by atoms with van der Waals surface area (Å²) in [7, 11) is 3.31. The minimum atomic E-state index is -0.928. The zero-order valence-corrected chi connectivity index (χ0v) is 13.6. The van der Waals surface area contributed by atoms with Gasteiger partial charge in [-0.15, -0.1) is 0 Å². The molecule has 0 bridgehead atoms. The minimum absolute atomic E-state index is 0.0858. The van der Waals surface area contributed by atoms with Gasteiger partial charge >= 0.3 is 0 Å². The third kappa shape index (κ3) is 3.31. The Bertz CT molecular complexity index is 704. The molecule has 0 unspecified atom stereocenters. The lowest BCUT2D eigenvalue weighted by Crippen LogP contribution is -2.34. The second-order valence-electron chi connectivity index (χ2n) is 5.31. The fourth-order valence-electron chi connectivity index (χ4n) is 2.06. The van der Waals surface area contributed by atoms with Gasteiger partial charge in [0.15, 0.2) is 5.15 Å². The zero-order chi connectivity index (χ0) is 17.2. The average molecular weight is 336 g/mol. The van der Waals surface area contributed by atoms with E-state index in [0.29, 0.717) is 35.7 Å². The standard InChI is InChI=1S/C14H18ClN7O/c1-19-12(22(2)18)10(17)8-3-4-9(11(15)20-8)21-13(23)14(7-16)5-6-14/h3-4,19H,5-6,17-18H2,1-2H3,(H,21,23)/b12-10-. The summed E-state index contributed by atoms with van der Waals surface area (Å²) in [6, 6.07) is 5.23. The number of anilines is 1. The van der Waals surface area contributed by atoms with Gasteiger partial charge in [-0.25, -0.2) is 10.8 Å². The number of nitrogens with one attached hydrogen (secondary N) is 2. The van der Waals surface area contributed by atoms with Gasteiger partial charge in [-0.2, -0.15) is 5.26 Å². The number of halogens is 1. The molecular formula is C14H18ClN7O. The normalized spacial score (nSPS) is 16.0. The van der Waals surface area contributed by atoms with Gasteiger partial charge in [-0.05, 0) is 25.0 Å². The van der Waals surface area contributed by atoms with Crippen molar-refractivity contribution in [3.63, 3.8) is 0 Å². The Morgan fingerprint density at radius 1 is 1.52 bits per heavy atom. The molecule has 1 aliphatic carbocycles. The molecule has 2 rings (SSSR count). The van der Waals surface area contributed by atoms with Gasteiger partial charge in [0, 0.05) is 14.1 Å². The van der Waals surface area contributed by atoms with Gasteiger partial charge in [0.1, 0.15) is 11.2 Å². The van der Waals surface area contributed by atoms with Gasteiger partial charge < -0.3 is 16.4 Å². The lowest BCUT2D eigenvalue weighted by molar-refractivity contribution is -0.119. The molecule has 1 aromatic rings. The fraction of sp³-hybridized carbons (Fsp3) is 0.357. The smallest absolute Gasteiger partial charge is 0.244 e. The van der Waals surface area contributed by atoms with E-state index in [1.54, 1.807) is 26.2 Å². The Balaban J connectivity index is 2.25. The van der Waals surface area contributed by atoms with Crippen molar-refractivity contribution in [1.29, 1.82) is 5.26 Å². The van der Waals surface area contributed by atoms with E-state index in [1.165, 1.54) is 5.01 Å². The first-order valence-electron chi connectivity index (χ1n) is 6.90. The van der Waals surface area contributed by atoms with Crippen molar-refractivity contribution in [3.8, 4) is 6.07 Å². The van der Waals surface area contributed by atoms with Crippen LogP contribution in [0.1, 0.15) is 18.5 Å². The van der Waals surface area contributed by atoms with E-state index in [1.807, 2.05) is 6.07 Å². The first kappa shape index (κ1) is 16.9. The highest BCUT2D eigenvalue weighted by Gasteiger charge is 2.50. The van der Waals surface area contributed by atoms with E-state index < -0.39 is 5.41 Å². The molecule has 23 heavy (non-hydrogen) atoms. The van der Waals surface area contributed by atoms with Crippen molar-refractivity contribution >= 4 is 28.9 Å². The molecule has 0 saturated heterocycles. The topological polar surface area (TPSA) is 133 Å². The fourth-order valence-corrected chi connectivity index (χ4v) is 2.26. The SMILES string of the molecule is CN/C(=C(/N)c1ccc(NC(=O)C2(C#N)CC2)c(Cl)n1)N(C)N. The number of carbonyl (C=O) groups is 1. The Hall–Kier alpha value is -2.50. The van der Waals surface area contributed by atoms with Crippen LogP contribution < -0.4 is 22.2 Å². The number of amides is 1. The van der Waals surface area contributed by atoms with Crippen LogP contribution in [0.5, 0.6) is 0 Å². The number of pyridine rings is 1. The van der Waals surface area contributed by atoms with Gasteiger partial charge in [0.25, 0.3) is 0 Å². The second-order valence-corrected chi connectivity index (χ2v) is 5.66. The van der Waals surface area contributed by atoms with Crippen LogP contribution in [0.4, 0.5) is 5.69 Å². The lowest BCUT2D eigenvalue weighted by Gasteiger charge is -2.19. The summed E-state index contributed by atoms with van der Waals surface area (Å²) in [4.78, 5) is 16.2. The van der Waals surface area contributed by atoms with E-state index in [-0.39, 0.29) is 11.1 Å². The molecule has 0 aromatic carbocycles. The number of nitrogens with two attached hydrogens (primary N) is 2. The maximum atomic E-state index is 12.1. The van der Waals surface area contributed by atoms with Crippen LogP contribution in [0.15, 0.2) is 18.0 Å². The summed E-state index contributed by atoms with van der Waals surface area (Å²) in [6.07, 6.45) is 1.12. The largest absolute Gasteiger partial charge is 0.394 e. The molecule has 9 heteroatoms. The van der Waals surface area contributed by atoms with Crippen molar-refractivity contribution < 1.29 is 4.79 Å². The molecule has 6 N–H and O–H groups in total. The monoisotopic (exact) mass is 335 g/mol. The third-order valence-electron chi connectivity index (χ3n) is 3.62. The number of nitriles is 1. The number of rotatable bonds is 5. The minimum Gasteiger partial charge on any atom is -0.394 e. The Kier molecular flexibility index (Phi) is 4.63. The number of aromatic nitrogens is 1. The molecule has 1 fully saturated rings. The number of hydrogen-bond donors (Lipinski definition) is 4. The molecule has 1 aliphatic rings. The highest BCUT2D eigenvalue weighted by molar-refractivity contribution is 6.32. The quantitative estimate of drug-likeness (QED) is 0.351. The third-order valence-corrected chi connectivity index (χ3v) is 3.90. The predicted octanol–water partition coefficient (Wildman–Crippen LogP) is 0.587. The molecule has 0 atom stereocenters. The average Bonchev–Trinajstić information content (AvgIpc) is 3.30. The van der Waals surface area contributed by atoms with E-state index >= 15 is 0 Å². The summed E-state index contributed by atoms with van der Waals surface area (Å²) in [6.45, 7) is 0. The Morgan fingerprint density at radius 3 is 2.61 bits per heavy atom. The predicted molar refractivity (Wildman–Crippen MR) is 87.3 cm³/mol. The van der Waals surface area contributed by atoms with Crippen LogP contribution in [0.3, 0.4) is 0 Å². The number of carbonyl (C=O) groups excluding carboxylic acids is 1. The molecule has 122 valence electrons. The van der Waals surface area contributed by atoms with Gasteiger partial charge in [-0.1, -0.05) is 11.6 Å². The molecule has 1 aromatic heterocycles. The van der Waals surface area contributed by atoms with Crippen LogP contribution >= 0.6 is 11.6 Å². The summed E-state index contributed by atoms with van der Waals surface area (Å²) >= 11 is 6.11. The van der Waals surface area contributed by atoms with Crippen molar-refractivity contribution in [2.24, 2.45) is 17.0 Å². The summed E-state index contributed by atoms with van der Waals surface area (Å²) < 4.78 is 0. The van der Waals surface area contributed by atoms with E-state index in [2.05, 4.69) is 15.6 Å². The maximum absolute atomic E-state index is 12.1. The Morgan fingerprint density at radius 2 is 2.17 bits per heavy atom. The molecule has 0 aliphatic heterocycles. The first-order chi connectivity index (χ1) is 10.8. The van der Waals surface area contributed by atoms with Gasteiger partial charge in [0.05, 0.1) is 23.1 Å². The summed E-state index contributed by atoms with van der Waals surface area (Å²) in [5.74, 6) is 5.79. The van der Waals surface area contributed by atoms with Crippen LogP contribution in [0.2, 0.25) is 5.15 Å². The van der Waals surface area contributed by atoms with E-state index in [0.717, 1.165) is 0 Å². The molecule has 1 amide bonds. The van der Waals surface area contributed by atoms with Crippen molar-refractivity contribution in [2.45, 2.75) is 12.8 Å². The zero-order valence-electron chi connectivity index (χ0n) is 12.9. The molecule has 0 radical (unpaired) electrons. The molecule has 0 spiro atoms. The summed E-state index contributed by atoms with van der Waals surface area (Å²) in [5.41, 5.74) is 6.15. The van der Waals surface area contributed by atoms with Crippen LogP contribution in [0, 0.1) is 16.7 Å². The molecule has 1 saturated carbocycles. The van der Waals surface area contributed by atoms with Crippen molar-refractivity contribution in [1.82, 2.24) is 15.3 Å². The van der Waals surface area contributed by atoms with Gasteiger partial charge in [-0.3, -0.25) is 9.80 Å². The highest BCUT2D eigenvalue weighted by Crippen LogP contribution is 2.46. The van der Waals surface area contributed by atoms with Gasteiger partial charge in [0.2, 0.25) is 5.91 Å². The highest BCUT2D eigenvalue weighted by atomic mass is 35.5. The van der Waals surface area contributed by atoms with Crippen molar-refractivity contribution in [2.75, 3.05) is 19.4 Å². The van der Waals surface area contributed by atoms with Crippen molar-refractivity contribution in [3.05, 3.63) is 28.8 Å². The van der Waals surface area contributed by atoms with E-state index in [9.17, 15) is 4.79 Å². The Labute approximate surface area is 139 Å². The first-order valence-corrected chi connectivity index (χ1v) is 7.28. The van der Waals surface area contributed by atoms with Crippen LogP contribution in [-0.2, 0) is 4.79 Å². The van der Waals surface area contributed by atoms with E-state index in [4.69, 9.17) is 28.4 Å². The maximum Gasteiger partial charge on any atom is 0.244 e. The molecular weight excluding hydrogens is 318 g/mol. The molecule has 8 nitrogen and oxygen atoms in total.